The van der Waals surface area contributed by atoms with Crippen LogP contribution in [0.5, 0.6) is 0 Å². The van der Waals surface area contributed by atoms with E-state index in [9.17, 15) is 9.59 Å². The molecule has 2 aromatic rings. The van der Waals surface area contributed by atoms with E-state index in [4.69, 9.17) is 4.74 Å². The molecular formula is C27H34N4O3. The third kappa shape index (κ3) is 5.25. The van der Waals surface area contributed by atoms with E-state index in [1.807, 2.05) is 31.2 Å². The molecule has 2 N–H and O–H groups in total. The number of hydrogen-bond donors (Lipinski definition) is 2. The van der Waals surface area contributed by atoms with E-state index in [0.717, 1.165) is 30.8 Å². The molecular weight excluding hydrogens is 428 g/mol. The van der Waals surface area contributed by atoms with Gasteiger partial charge in [-0.15, -0.1) is 0 Å². The first kappa shape index (κ1) is 23.8. The number of carbonyl (C=O) groups excluding carboxylic acids is 2. The van der Waals surface area contributed by atoms with Crippen LogP contribution in [0, 0.1) is 13.8 Å². The van der Waals surface area contributed by atoms with Crippen molar-refractivity contribution in [1.82, 2.24) is 15.5 Å². The minimum Gasteiger partial charge on any atom is -0.463 e. The fraction of sp³-hybridized carbons (Fsp3) is 0.407. The van der Waals surface area contributed by atoms with Crippen LogP contribution in [-0.2, 0) is 9.53 Å². The summed E-state index contributed by atoms with van der Waals surface area (Å²) in [5.74, 6) is -0.401. The van der Waals surface area contributed by atoms with Crippen LogP contribution in [0.1, 0.15) is 36.6 Å². The zero-order valence-electron chi connectivity index (χ0n) is 20.4. The molecule has 7 nitrogen and oxygen atoms in total. The first-order valence-corrected chi connectivity index (χ1v) is 12.0. The predicted octanol–water partition coefficient (Wildman–Crippen LogP) is 3.69. The summed E-state index contributed by atoms with van der Waals surface area (Å²) in [5.41, 5.74) is 5.54. The molecule has 2 heterocycles. The number of urea groups is 1. The first-order valence-electron chi connectivity index (χ1n) is 12.0. The second-order valence-electron chi connectivity index (χ2n) is 9.17. The highest BCUT2D eigenvalue weighted by Crippen LogP contribution is 2.29. The fourth-order valence-electron chi connectivity index (χ4n) is 4.79. The predicted molar refractivity (Wildman–Crippen MR) is 134 cm³/mol. The molecule has 1 saturated heterocycles. The second-order valence-corrected chi connectivity index (χ2v) is 9.17. The molecule has 0 aliphatic carbocycles. The highest BCUT2D eigenvalue weighted by Gasteiger charge is 2.35. The normalized spacial score (nSPS) is 21.2. The maximum absolute atomic E-state index is 13.0. The average Bonchev–Trinajstić information content (AvgIpc) is 2.79. The Kier molecular flexibility index (Phi) is 7.22. The smallest absolute Gasteiger partial charge is 0.338 e. The minimum atomic E-state index is -0.547. The third-order valence-electron chi connectivity index (χ3n) is 6.49. The number of ether oxygens (including phenoxy) is 1. The van der Waals surface area contributed by atoms with E-state index in [0.29, 0.717) is 23.9 Å². The molecule has 4 rings (SSSR count). The van der Waals surface area contributed by atoms with Gasteiger partial charge >= 0.3 is 12.0 Å². The number of aryl methyl sites for hydroxylation is 2. The zero-order chi connectivity index (χ0) is 24.2. The van der Waals surface area contributed by atoms with Crippen LogP contribution in [0.4, 0.5) is 10.5 Å². The van der Waals surface area contributed by atoms with Crippen LogP contribution in [0.25, 0.3) is 0 Å². The van der Waals surface area contributed by atoms with Gasteiger partial charge in [0, 0.05) is 43.6 Å². The summed E-state index contributed by atoms with van der Waals surface area (Å²) in [7, 11) is 0. The molecule has 0 aromatic heterocycles. The van der Waals surface area contributed by atoms with Gasteiger partial charge in [0.25, 0.3) is 0 Å². The maximum Gasteiger partial charge on any atom is 0.338 e. The number of anilines is 1. The van der Waals surface area contributed by atoms with Crippen molar-refractivity contribution in [3.05, 3.63) is 76.5 Å². The van der Waals surface area contributed by atoms with Crippen molar-refractivity contribution in [3.63, 3.8) is 0 Å². The van der Waals surface area contributed by atoms with Crippen molar-refractivity contribution in [1.29, 1.82) is 0 Å². The van der Waals surface area contributed by atoms with Crippen LogP contribution >= 0.6 is 0 Å². The molecule has 0 bridgehead atoms. The van der Waals surface area contributed by atoms with E-state index >= 15 is 0 Å². The van der Waals surface area contributed by atoms with Gasteiger partial charge in [0.2, 0.25) is 0 Å². The summed E-state index contributed by atoms with van der Waals surface area (Å²) in [6.07, 6.45) is 0. The second kappa shape index (κ2) is 10.3. The molecule has 0 saturated carbocycles. The quantitative estimate of drug-likeness (QED) is 0.641. The number of nitrogens with zero attached hydrogens (tertiary/aromatic N) is 2. The van der Waals surface area contributed by atoms with Gasteiger partial charge in [0.15, 0.2) is 0 Å². The van der Waals surface area contributed by atoms with Crippen molar-refractivity contribution in [2.24, 2.45) is 0 Å². The lowest BCUT2D eigenvalue weighted by molar-refractivity contribution is -0.139. The highest BCUT2D eigenvalue weighted by molar-refractivity contribution is 5.95. The summed E-state index contributed by atoms with van der Waals surface area (Å²) in [4.78, 5) is 30.3. The van der Waals surface area contributed by atoms with Gasteiger partial charge in [-0.05, 0) is 51.0 Å². The first-order chi connectivity index (χ1) is 16.4. The average molecular weight is 463 g/mol. The molecule has 0 spiro atoms. The molecule has 0 unspecified atom stereocenters. The van der Waals surface area contributed by atoms with Crippen molar-refractivity contribution in [3.8, 4) is 0 Å². The standard InChI is InChI=1S/C27H34N4O3/c1-5-34-26(32)24-23(28-27(33)29-25(24)21-11-9-18(2)10-12-21)17-30-13-14-31(20(4)16-30)22-8-6-7-19(3)15-22/h6-12,15,20,25H,5,13-14,16-17H2,1-4H3,(H2,28,29,33)/t20-,25-/m0/s1. The summed E-state index contributed by atoms with van der Waals surface area (Å²) in [5, 5.41) is 5.82. The van der Waals surface area contributed by atoms with Crippen LogP contribution in [-0.4, -0.2) is 55.7 Å². The fourth-order valence-corrected chi connectivity index (χ4v) is 4.79. The summed E-state index contributed by atoms with van der Waals surface area (Å²) in [6.45, 7) is 11.4. The number of benzene rings is 2. The van der Waals surface area contributed by atoms with Crippen LogP contribution < -0.4 is 15.5 Å². The lowest BCUT2D eigenvalue weighted by Gasteiger charge is -2.42. The SMILES string of the molecule is CCOC(=O)C1=C(CN2CCN(c3cccc(C)c3)[C@@H](C)C2)NC(=O)N[C@H]1c1ccc(C)cc1. The largest absolute Gasteiger partial charge is 0.463 e. The Labute approximate surface area is 201 Å². The van der Waals surface area contributed by atoms with Gasteiger partial charge in [0.1, 0.15) is 0 Å². The molecule has 2 aliphatic rings. The molecule has 2 amide bonds. The topological polar surface area (TPSA) is 73.9 Å². The van der Waals surface area contributed by atoms with Crippen molar-refractivity contribution < 1.29 is 14.3 Å². The molecule has 2 aromatic carbocycles. The molecule has 180 valence electrons. The minimum absolute atomic E-state index is 0.274. The number of amides is 2. The molecule has 34 heavy (non-hydrogen) atoms. The maximum atomic E-state index is 13.0. The van der Waals surface area contributed by atoms with E-state index < -0.39 is 12.0 Å². The number of carbonyl (C=O) groups is 2. The van der Waals surface area contributed by atoms with Crippen molar-refractivity contribution in [2.45, 2.75) is 39.8 Å². The highest BCUT2D eigenvalue weighted by atomic mass is 16.5. The summed E-state index contributed by atoms with van der Waals surface area (Å²) >= 11 is 0. The Morgan fingerprint density at radius 1 is 1.09 bits per heavy atom. The Morgan fingerprint density at radius 3 is 2.53 bits per heavy atom. The number of hydrogen-bond acceptors (Lipinski definition) is 5. The Morgan fingerprint density at radius 2 is 1.85 bits per heavy atom. The van der Waals surface area contributed by atoms with Gasteiger partial charge in [-0.1, -0.05) is 42.0 Å². The number of rotatable bonds is 6. The summed E-state index contributed by atoms with van der Waals surface area (Å²) in [6, 6.07) is 15.9. The van der Waals surface area contributed by atoms with Crippen LogP contribution in [0.2, 0.25) is 0 Å². The lowest BCUT2D eigenvalue weighted by atomic mass is 9.94. The molecule has 2 atom stereocenters. The number of piperazine rings is 1. The number of nitrogens with one attached hydrogen (secondary N) is 2. The molecule has 2 aliphatic heterocycles. The van der Waals surface area contributed by atoms with Gasteiger partial charge in [-0.3, -0.25) is 4.90 Å². The van der Waals surface area contributed by atoms with E-state index in [1.54, 1.807) is 6.92 Å². The van der Waals surface area contributed by atoms with Gasteiger partial charge in [-0.2, -0.15) is 0 Å². The third-order valence-corrected chi connectivity index (χ3v) is 6.49. The van der Waals surface area contributed by atoms with E-state index in [2.05, 4.69) is 58.5 Å². The lowest BCUT2D eigenvalue weighted by Crippen LogP contribution is -2.54. The summed E-state index contributed by atoms with van der Waals surface area (Å²) < 4.78 is 5.40. The van der Waals surface area contributed by atoms with Gasteiger partial charge in [-0.25, -0.2) is 9.59 Å². The molecule has 7 heteroatoms. The molecule has 0 radical (unpaired) electrons. The Balaban J connectivity index is 1.58. The van der Waals surface area contributed by atoms with Crippen LogP contribution in [0.15, 0.2) is 59.8 Å². The van der Waals surface area contributed by atoms with Crippen LogP contribution in [0.3, 0.4) is 0 Å². The van der Waals surface area contributed by atoms with Crippen molar-refractivity contribution in [2.75, 3.05) is 37.7 Å². The van der Waals surface area contributed by atoms with Gasteiger partial charge < -0.3 is 20.3 Å². The zero-order valence-corrected chi connectivity index (χ0v) is 20.4. The van der Waals surface area contributed by atoms with E-state index in [-0.39, 0.29) is 12.6 Å². The Hall–Kier alpha value is -3.32. The van der Waals surface area contributed by atoms with Crippen molar-refractivity contribution >= 4 is 17.7 Å². The Bertz CT molecular complexity index is 1080. The van der Waals surface area contributed by atoms with E-state index in [1.165, 1.54) is 11.3 Å². The monoisotopic (exact) mass is 462 g/mol. The van der Waals surface area contributed by atoms with Gasteiger partial charge in [0.05, 0.1) is 18.2 Å². The molecule has 1 fully saturated rings. The number of esters is 1.